The summed E-state index contributed by atoms with van der Waals surface area (Å²) in [5, 5.41) is 0. The van der Waals surface area contributed by atoms with Crippen molar-refractivity contribution in [1.29, 1.82) is 0 Å². The van der Waals surface area contributed by atoms with Gasteiger partial charge >= 0.3 is 0 Å². The van der Waals surface area contributed by atoms with Crippen molar-refractivity contribution < 1.29 is 14.3 Å². The molecular weight excluding hydrogens is 254 g/mol. The van der Waals surface area contributed by atoms with Crippen LogP contribution in [0.4, 0.5) is 0 Å². The molecule has 0 heterocycles. The van der Waals surface area contributed by atoms with Gasteiger partial charge in [-0.25, -0.2) is 4.79 Å². The third kappa shape index (κ3) is 2.98. The number of isocyanates is 1. The molecule has 0 bridgehead atoms. The smallest absolute Gasteiger partial charge is 0.235 e. The van der Waals surface area contributed by atoms with Crippen LogP contribution in [0.1, 0.15) is 42.9 Å². The number of carbonyl (C=O) groups excluding carboxylic acids is 1. The first-order valence-corrected chi connectivity index (χ1v) is 6.97. The highest BCUT2D eigenvalue weighted by Crippen LogP contribution is 2.42. The van der Waals surface area contributed by atoms with E-state index in [1.165, 1.54) is 0 Å². The summed E-state index contributed by atoms with van der Waals surface area (Å²) in [5.74, 6) is 0. The van der Waals surface area contributed by atoms with E-state index >= 15 is 0 Å². The second-order valence-corrected chi connectivity index (χ2v) is 5.25. The molecule has 2 rings (SSSR count). The van der Waals surface area contributed by atoms with Crippen LogP contribution in [0.3, 0.4) is 0 Å². The van der Waals surface area contributed by atoms with Crippen molar-refractivity contribution >= 4 is 6.08 Å². The molecule has 1 saturated carbocycles. The van der Waals surface area contributed by atoms with Gasteiger partial charge in [0.1, 0.15) is 6.10 Å². The van der Waals surface area contributed by atoms with Crippen LogP contribution in [0.5, 0.6) is 0 Å². The minimum absolute atomic E-state index is 0.0985. The number of ether oxygens (including phenoxy) is 2. The summed E-state index contributed by atoms with van der Waals surface area (Å²) >= 11 is 0. The minimum atomic E-state index is -0.386. The average molecular weight is 275 g/mol. The van der Waals surface area contributed by atoms with Crippen molar-refractivity contribution in [2.45, 2.75) is 37.3 Å². The lowest BCUT2D eigenvalue weighted by atomic mass is 9.87. The third-order valence-corrected chi connectivity index (χ3v) is 4.09. The average Bonchev–Trinajstić information content (AvgIpc) is 2.95. The van der Waals surface area contributed by atoms with Crippen LogP contribution in [-0.4, -0.2) is 26.9 Å². The predicted octanol–water partition coefficient (Wildman–Crippen LogP) is 3.13. The molecule has 0 radical (unpaired) electrons. The molecule has 0 amide bonds. The van der Waals surface area contributed by atoms with Gasteiger partial charge in [0.25, 0.3) is 0 Å². The van der Waals surface area contributed by atoms with Crippen LogP contribution in [0, 0.1) is 0 Å². The fraction of sp³-hybridized carbons (Fsp3) is 0.562. The first-order valence-electron chi connectivity index (χ1n) is 6.97. The molecule has 1 unspecified atom stereocenters. The lowest BCUT2D eigenvalue weighted by Crippen LogP contribution is -2.19. The van der Waals surface area contributed by atoms with E-state index in [4.69, 9.17) is 9.47 Å². The Hall–Kier alpha value is -1.48. The van der Waals surface area contributed by atoms with Gasteiger partial charge in [-0.1, -0.05) is 37.1 Å². The molecule has 4 nitrogen and oxygen atoms in total. The number of hydrogen-bond donors (Lipinski definition) is 0. The Balaban J connectivity index is 2.35. The molecule has 4 heteroatoms. The van der Waals surface area contributed by atoms with E-state index in [0.717, 1.165) is 36.8 Å². The zero-order valence-electron chi connectivity index (χ0n) is 12.1. The van der Waals surface area contributed by atoms with E-state index in [9.17, 15) is 4.79 Å². The Kier molecular flexibility index (Phi) is 5.07. The van der Waals surface area contributed by atoms with Gasteiger partial charge < -0.3 is 9.47 Å². The van der Waals surface area contributed by atoms with Crippen LogP contribution in [0.15, 0.2) is 29.3 Å². The van der Waals surface area contributed by atoms with Gasteiger partial charge in [-0.3, -0.25) is 0 Å². The Morgan fingerprint density at radius 3 is 2.70 bits per heavy atom. The Labute approximate surface area is 119 Å². The lowest BCUT2D eigenvalue weighted by Gasteiger charge is -2.24. The summed E-state index contributed by atoms with van der Waals surface area (Å²) in [6.45, 7) is 0.504. The van der Waals surface area contributed by atoms with Gasteiger partial charge in [0, 0.05) is 14.2 Å². The Morgan fingerprint density at radius 1 is 1.35 bits per heavy atom. The molecule has 1 aromatic carbocycles. The second kappa shape index (κ2) is 6.80. The number of benzene rings is 1. The van der Waals surface area contributed by atoms with E-state index < -0.39 is 0 Å². The highest BCUT2D eigenvalue weighted by Gasteiger charge is 2.35. The molecule has 1 aliphatic carbocycles. The van der Waals surface area contributed by atoms with E-state index in [-0.39, 0.29) is 11.6 Å². The topological polar surface area (TPSA) is 47.9 Å². The molecule has 0 N–H and O–H groups in total. The molecule has 1 aromatic rings. The van der Waals surface area contributed by atoms with Crippen LogP contribution >= 0.6 is 0 Å². The number of aliphatic imine (C=N–C) groups is 1. The molecule has 0 saturated heterocycles. The summed E-state index contributed by atoms with van der Waals surface area (Å²) in [4.78, 5) is 14.9. The van der Waals surface area contributed by atoms with Gasteiger partial charge in [0.05, 0.1) is 12.1 Å². The summed E-state index contributed by atoms with van der Waals surface area (Å²) < 4.78 is 10.6. The van der Waals surface area contributed by atoms with E-state index in [1.54, 1.807) is 20.3 Å². The highest BCUT2D eigenvalue weighted by atomic mass is 16.5. The quantitative estimate of drug-likeness (QED) is 0.592. The third-order valence-electron chi connectivity index (χ3n) is 4.09. The van der Waals surface area contributed by atoms with E-state index in [1.807, 2.05) is 18.2 Å². The van der Waals surface area contributed by atoms with Crippen LogP contribution in [-0.2, 0) is 19.8 Å². The number of methoxy groups -OCH3 is 2. The van der Waals surface area contributed by atoms with E-state index in [2.05, 4.69) is 11.1 Å². The van der Waals surface area contributed by atoms with Gasteiger partial charge in [-0.2, -0.15) is 4.99 Å². The zero-order chi connectivity index (χ0) is 14.4. The number of rotatable bonds is 6. The van der Waals surface area contributed by atoms with Crippen LogP contribution in [0.2, 0.25) is 0 Å². The lowest BCUT2D eigenvalue weighted by molar-refractivity contribution is 0.0274. The standard InChI is InChI=1S/C16H21NO3/c1-19-11-15(20-2)13-6-5-7-14(10-13)16(17-12-18)8-3-4-9-16/h5-7,10,15H,3-4,8-9,11H2,1-2H3. The van der Waals surface area contributed by atoms with Gasteiger partial charge in [0.2, 0.25) is 6.08 Å². The van der Waals surface area contributed by atoms with Crippen molar-refractivity contribution in [3.63, 3.8) is 0 Å². The summed E-state index contributed by atoms with van der Waals surface area (Å²) in [5.41, 5.74) is 1.75. The molecule has 1 fully saturated rings. The Morgan fingerprint density at radius 2 is 2.10 bits per heavy atom. The van der Waals surface area contributed by atoms with Crippen LogP contribution < -0.4 is 0 Å². The molecule has 1 aliphatic rings. The van der Waals surface area contributed by atoms with Crippen LogP contribution in [0.25, 0.3) is 0 Å². The maximum Gasteiger partial charge on any atom is 0.235 e. The molecular formula is C16H21NO3. The SMILES string of the molecule is COCC(OC)c1cccc(C2(N=C=O)CCCC2)c1. The second-order valence-electron chi connectivity index (χ2n) is 5.25. The first kappa shape index (κ1) is 14.9. The normalized spacial score (nSPS) is 18.5. The largest absolute Gasteiger partial charge is 0.382 e. The number of hydrogen-bond acceptors (Lipinski definition) is 4. The fourth-order valence-electron chi connectivity index (χ4n) is 2.99. The molecule has 0 spiro atoms. The predicted molar refractivity (Wildman–Crippen MR) is 76.3 cm³/mol. The van der Waals surface area contributed by atoms with Crippen molar-refractivity contribution in [2.24, 2.45) is 4.99 Å². The molecule has 108 valence electrons. The summed E-state index contributed by atoms with van der Waals surface area (Å²) in [6.07, 6.45) is 5.67. The van der Waals surface area contributed by atoms with E-state index in [0.29, 0.717) is 6.61 Å². The summed E-state index contributed by atoms with van der Waals surface area (Å²) in [6, 6.07) is 8.13. The first-order chi connectivity index (χ1) is 9.75. The van der Waals surface area contributed by atoms with Crippen molar-refractivity contribution in [2.75, 3.05) is 20.8 Å². The minimum Gasteiger partial charge on any atom is -0.382 e. The number of nitrogens with zero attached hydrogens (tertiary/aromatic N) is 1. The molecule has 20 heavy (non-hydrogen) atoms. The zero-order valence-corrected chi connectivity index (χ0v) is 12.1. The van der Waals surface area contributed by atoms with Crippen molar-refractivity contribution in [3.8, 4) is 0 Å². The Bertz CT molecular complexity index is 488. The van der Waals surface area contributed by atoms with Crippen molar-refractivity contribution in [1.82, 2.24) is 0 Å². The molecule has 1 atom stereocenters. The molecule has 0 aliphatic heterocycles. The maximum atomic E-state index is 10.8. The summed E-state index contributed by atoms with van der Waals surface area (Å²) in [7, 11) is 3.33. The van der Waals surface area contributed by atoms with Gasteiger partial charge in [-0.05, 0) is 24.0 Å². The highest BCUT2D eigenvalue weighted by molar-refractivity contribution is 5.40. The monoisotopic (exact) mass is 275 g/mol. The fourth-order valence-corrected chi connectivity index (χ4v) is 2.99. The molecule has 0 aromatic heterocycles. The van der Waals surface area contributed by atoms with Gasteiger partial charge in [0.15, 0.2) is 0 Å². The maximum absolute atomic E-state index is 10.8. The van der Waals surface area contributed by atoms with Gasteiger partial charge in [-0.15, -0.1) is 0 Å². The van der Waals surface area contributed by atoms with Crippen molar-refractivity contribution in [3.05, 3.63) is 35.4 Å².